The lowest BCUT2D eigenvalue weighted by atomic mass is 10.1. The Balaban J connectivity index is 1.56. The number of ether oxygens (including phenoxy) is 2. The first kappa shape index (κ1) is 22.2. The molecule has 1 aliphatic heterocycles. The molecular weight excluding hydrogens is 420 g/mol. The van der Waals surface area contributed by atoms with Gasteiger partial charge < -0.3 is 24.4 Å². The molecular formula is C26H26N2O5. The summed E-state index contributed by atoms with van der Waals surface area (Å²) < 4.78 is 11.2. The second-order valence-corrected chi connectivity index (χ2v) is 7.78. The van der Waals surface area contributed by atoms with Crippen LogP contribution < -0.4 is 19.3 Å². The number of carboxylic acid groups (broad SMARTS) is 1. The van der Waals surface area contributed by atoms with Gasteiger partial charge in [0.25, 0.3) is 5.91 Å². The number of carbonyl (C=O) groups excluding carboxylic acids is 1. The lowest BCUT2D eigenvalue weighted by molar-refractivity contribution is -0.139. The number of benzene rings is 3. The number of carboxylic acids is 1. The monoisotopic (exact) mass is 446 g/mol. The molecule has 1 amide bonds. The summed E-state index contributed by atoms with van der Waals surface area (Å²) in [6, 6.07) is 22.6. The van der Waals surface area contributed by atoms with Crippen molar-refractivity contribution in [1.82, 2.24) is 0 Å². The molecule has 7 heteroatoms. The van der Waals surface area contributed by atoms with Crippen molar-refractivity contribution in [2.24, 2.45) is 0 Å². The number of aliphatic carboxylic acids is 1. The van der Waals surface area contributed by atoms with E-state index >= 15 is 0 Å². The molecule has 0 atom stereocenters. The van der Waals surface area contributed by atoms with Crippen LogP contribution in [0.4, 0.5) is 11.4 Å². The second-order valence-electron chi connectivity index (χ2n) is 7.78. The van der Waals surface area contributed by atoms with E-state index in [1.165, 1.54) is 0 Å². The third-order valence-corrected chi connectivity index (χ3v) is 5.46. The zero-order valence-corrected chi connectivity index (χ0v) is 18.4. The van der Waals surface area contributed by atoms with Crippen LogP contribution in [0.2, 0.25) is 0 Å². The maximum atomic E-state index is 13.4. The average Bonchev–Trinajstić information content (AvgIpc) is 2.84. The number of fused-ring (bicyclic) bond motifs is 1. The number of nitrogens with zero attached hydrogens (tertiary/aromatic N) is 2. The Morgan fingerprint density at radius 2 is 1.79 bits per heavy atom. The summed E-state index contributed by atoms with van der Waals surface area (Å²) in [5.41, 5.74) is 3.41. The second kappa shape index (κ2) is 10.1. The van der Waals surface area contributed by atoms with E-state index < -0.39 is 12.6 Å². The standard InChI is InChI=1S/C26H26N2O5/c1-19-10-12-21(13-11-19)28(26(31)20-6-3-2-4-7-20)15-14-27-16-17-32-25-22(27)8-5-9-23(25)33-18-24(29)30/h2-13H,14-18H2,1H3,(H,29,30). The average molecular weight is 447 g/mol. The van der Waals surface area contributed by atoms with Gasteiger partial charge in [-0.25, -0.2) is 4.79 Å². The summed E-state index contributed by atoms with van der Waals surface area (Å²) in [5.74, 6) is -0.184. The first-order chi connectivity index (χ1) is 16.0. The van der Waals surface area contributed by atoms with Crippen LogP contribution in [0.5, 0.6) is 11.5 Å². The first-order valence-electron chi connectivity index (χ1n) is 10.8. The van der Waals surface area contributed by atoms with Gasteiger partial charge in [-0.2, -0.15) is 0 Å². The fraction of sp³-hybridized carbons (Fsp3) is 0.231. The van der Waals surface area contributed by atoms with Crippen LogP contribution in [0.1, 0.15) is 15.9 Å². The topological polar surface area (TPSA) is 79.3 Å². The summed E-state index contributed by atoms with van der Waals surface area (Å²) in [5, 5.41) is 8.93. The highest BCUT2D eigenvalue weighted by molar-refractivity contribution is 6.06. The number of amides is 1. The highest BCUT2D eigenvalue weighted by atomic mass is 16.5. The molecule has 1 heterocycles. The number of para-hydroxylation sites is 1. The highest BCUT2D eigenvalue weighted by Crippen LogP contribution is 2.39. The molecule has 3 aromatic rings. The van der Waals surface area contributed by atoms with E-state index in [-0.39, 0.29) is 5.91 Å². The zero-order chi connectivity index (χ0) is 23.2. The zero-order valence-electron chi connectivity index (χ0n) is 18.4. The van der Waals surface area contributed by atoms with E-state index in [0.717, 1.165) is 16.9 Å². The SMILES string of the molecule is Cc1ccc(N(CCN2CCOc3c(OCC(=O)O)cccc32)C(=O)c2ccccc2)cc1. The lowest BCUT2D eigenvalue weighted by Gasteiger charge is -2.34. The van der Waals surface area contributed by atoms with Crippen LogP contribution in [0.25, 0.3) is 0 Å². The van der Waals surface area contributed by atoms with Crippen LogP contribution >= 0.6 is 0 Å². The Morgan fingerprint density at radius 1 is 1.03 bits per heavy atom. The molecule has 170 valence electrons. The van der Waals surface area contributed by atoms with Gasteiger partial charge in [-0.15, -0.1) is 0 Å². The van der Waals surface area contributed by atoms with Crippen molar-refractivity contribution in [3.8, 4) is 11.5 Å². The summed E-state index contributed by atoms with van der Waals surface area (Å²) in [6.07, 6.45) is 0. The van der Waals surface area contributed by atoms with E-state index in [2.05, 4.69) is 4.90 Å². The number of carbonyl (C=O) groups is 2. The molecule has 33 heavy (non-hydrogen) atoms. The molecule has 7 nitrogen and oxygen atoms in total. The van der Waals surface area contributed by atoms with E-state index in [4.69, 9.17) is 14.6 Å². The Labute approximate surface area is 192 Å². The Kier molecular flexibility index (Phi) is 6.78. The predicted molar refractivity (Wildman–Crippen MR) is 127 cm³/mol. The van der Waals surface area contributed by atoms with Gasteiger partial charge in [-0.05, 0) is 43.3 Å². The Hall–Kier alpha value is -4.00. The first-order valence-corrected chi connectivity index (χ1v) is 10.8. The summed E-state index contributed by atoms with van der Waals surface area (Å²) in [6.45, 7) is 3.71. The third kappa shape index (κ3) is 5.26. The van der Waals surface area contributed by atoms with Crippen LogP contribution in [-0.2, 0) is 4.79 Å². The fourth-order valence-corrected chi connectivity index (χ4v) is 3.79. The van der Waals surface area contributed by atoms with Gasteiger partial charge >= 0.3 is 5.97 Å². The molecule has 0 radical (unpaired) electrons. The minimum absolute atomic E-state index is 0.0634. The molecule has 3 aromatic carbocycles. The molecule has 0 bridgehead atoms. The van der Waals surface area contributed by atoms with Crippen molar-refractivity contribution in [3.63, 3.8) is 0 Å². The van der Waals surface area contributed by atoms with Crippen molar-refractivity contribution in [2.75, 3.05) is 42.6 Å². The molecule has 0 aliphatic carbocycles. The fourth-order valence-electron chi connectivity index (χ4n) is 3.79. The number of hydrogen-bond donors (Lipinski definition) is 1. The van der Waals surface area contributed by atoms with Crippen molar-refractivity contribution < 1.29 is 24.2 Å². The van der Waals surface area contributed by atoms with Crippen LogP contribution in [0.3, 0.4) is 0 Å². The van der Waals surface area contributed by atoms with Gasteiger partial charge in [0.15, 0.2) is 18.1 Å². The molecule has 0 aromatic heterocycles. The molecule has 4 rings (SSSR count). The van der Waals surface area contributed by atoms with E-state index in [1.807, 2.05) is 73.7 Å². The van der Waals surface area contributed by atoms with Crippen molar-refractivity contribution in [2.45, 2.75) is 6.92 Å². The van der Waals surface area contributed by atoms with E-state index in [1.54, 1.807) is 11.0 Å². The molecule has 1 aliphatic rings. The van der Waals surface area contributed by atoms with Gasteiger partial charge in [0.1, 0.15) is 6.61 Å². The minimum atomic E-state index is -1.05. The van der Waals surface area contributed by atoms with Crippen LogP contribution in [0.15, 0.2) is 72.8 Å². The highest BCUT2D eigenvalue weighted by Gasteiger charge is 2.24. The summed E-state index contributed by atoms with van der Waals surface area (Å²) in [4.78, 5) is 28.2. The van der Waals surface area contributed by atoms with Gasteiger partial charge in [-0.1, -0.05) is 42.0 Å². The van der Waals surface area contributed by atoms with Gasteiger partial charge in [-0.3, -0.25) is 4.79 Å². The quantitative estimate of drug-likeness (QED) is 0.563. The van der Waals surface area contributed by atoms with Crippen LogP contribution in [-0.4, -0.2) is 49.8 Å². The Morgan fingerprint density at radius 3 is 2.52 bits per heavy atom. The number of aryl methyl sites for hydroxylation is 1. The molecule has 0 fully saturated rings. The minimum Gasteiger partial charge on any atom is -0.486 e. The molecule has 0 unspecified atom stereocenters. The van der Waals surface area contributed by atoms with Gasteiger partial charge in [0.2, 0.25) is 0 Å². The predicted octanol–water partition coefficient (Wildman–Crippen LogP) is 4.00. The van der Waals surface area contributed by atoms with Gasteiger partial charge in [0.05, 0.1) is 12.2 Å². The Bertz CT molecular complexity index is 1120. The van der Waals surface area contributed by atoms with Crippen LogP contribution in [0, 0.1) is 6.92 Å². The lowest BCUT2D eigenvalue weighted by Crippen LogP contribution is -2.41. The van der Waals surface area contributed by atoms with Crippen molar-refractivity contribution in [3.05, 3.63) is 83.9 Å². The molecule has 0 saturated heterocycles. The van der Waals surface area contributed by atoms with Crippen molar-refractivity contribution >= 4 is 23.3 Å². The summed E-state index contributed by atoms with van der Waals surface area (Å²) in [7, 11) is 0. The normalized spacial score (nSPS) is 12.5. The number of rotatable bonds is 8. The molecule has 0 saturated carbocycles. The third-order valence-electron chi connectivity index (χ3n) is 5.46. The van der Waals surface area contributed by atoms with E-state index in [9.17, 15) is 9.59 Å². The van der Waals surface area contributed by atoms with Crippen molar-refractivity contribution in [1.29, 1.82) is 0 Å². The molecule has 0 spiro atoms. The number of anilines is 2. The smallest absolute Gasteiger partial charge is 0.341 e. The maximum Gasteiger partial charge on any atom is 0.341 e. The largest absolute Gasteiger partial charge is 0.486 e. The molecule has 1 N–H and O–H groups in total. The van der Waals surface area contributed by atoms with E-state index in [0.29, 0.717) is 43.3 Å². The van der Waals surface area contributed by atoms with Gasteiger partial charge in [0, 0.05) is 24.3 Å². The summed E-state index contributed by atoms with van der Waals surface area (Å²) >= 11 is 0. The maximum absolute atomic E-state index is 13.4. The number of hydrogen-bond acceptors (Lipinski definition) is 5.